The summed E-state index contributed by atoms with van der Waals surface area (Å²) in [5.41, 5.74) is 0.420. The van der Waals surface area contributed by atoms with Crippen LogP contribution in [-0.4, -0.2) is 41.1 Å². The maximum absolute atomic E-state index is 12.9. The van der Waals surface area contributed by atoms with E-state index in [9.17, 15) is 18.8 Å². The second kappa shape index (κ2) is 7.96. The molecule has 6 nitrogen and oxygen atoms in total. The van der Waals surface area contributed by atoms with Gasteiger partial charge in [-0.15, -0.1) is 0 Å². The lowest BCUT2D eigenvalue weighted by Crippen LogP contribution is -2.42. The van der Waals surface area contributed by atoms with Gasteiger partial charge in [-0.3, -0.25) is 14.5 Å². The lowest BCUT2D eigenvalue weighted by Gasteiger charge is -2.24. The van der Waals surface area contributed by atoms with Crippen molar-refractivity contribution in [2.24, 2.45) is 0 Å². The van der Waals surface area contributed by atoms with Crippen LogP contribution in [0.1, 0.15) is 13.8 Å². The van der Waals surface area contributed by atoms with Gasteiger partial charge >= 0.3 is 5.97 Å². The Morgan fingerprint density at radius 3 is 2.71 bits per heavy atom. The first-order valence-electron chi connectivity index (χ1n) is 7.32. The van der Waals surface area contributed by atoms with Crippen LogP contribution in [0.3, 0.4) is 0 Å². The van der Waals surface area contributed by atoms with Gasteiger partial charge in [-0.1, -0.05) is 11.8 Å². The van der Waals surface area contributed by atoms with E-state index >= 15 is 0 Å². The zero-order valence-corrected chi connectivity index (χ0v) is 14.1. The van der Waals surface area contributed by atoms with E-state index in [4.69, 9.17) is 4.74 Å². The molecule has 128 valence electrons. The molecule has 0 spiro atoms. The SMILES string of the molecule is CCOC(=O)/C=C1\SCC(=O)N1[C@H](C)C(=O)Nc1ccc(F)cc1. The number of hydrogen-bond acceptors (Lipinski definition) is 5. The number of nitrogens with zero attached hydrogens (tertiary/aromatic N) is 1. The van der Waals surface area contributed by atoms with E-state index in [1.54, 1.807) is 13.8 Å². The molecule has 8 heteroatoms. The topological polar surface area (TPSA) is 75.7 Å². The zero-order chi connectivity index (χ0) is 17.7. The highest BCUT2D eigenvalue weighted by Crippen LogP contribution is 2.31. The van der Waals surface area contributed by atoms with Crippen molar-refractivity contribution in [1.82, 2.24) is 4.90 Å². The van der Waals surface area contributed by atoms with E-state index in [2.05, 4.69) is 5.32 Å². The summed E-state index contributed by atoms with van der Waals surface area (Å²) in [7, 11) is 0. The largest absolute Gasteiger partial charge is 0.463 e. The average Bonchev–Trinajstić information content (AvgIpc) is 2.89. The predicted octanol–water partition coefficient (Wildman–Crippen LogP) is 2.13. The van der Waals surface area contributed by atoms with Crippen molar-refractivity contribution < 1.29 is 23.5 Å². The van der Waals surface area contributed by atoms with Crippen LogP contribution < -0.4 is 5.32 Å². The van der Waals surface area contributed by atoms with Crippen LogP contribution in [0.15, 0.2) is 35.4 Å². The molecule has 2 rings (SSSR count). The summed E-state index contributed by atoms with van der Waals surface area (Å²) in [5.74, 6) is -1.53. The van der Waals surface area contributed by atoms with Crippen LogP contribution in [0.5, 0.6) is 0 Å². The first-order valence-corrected chi connectivity index (χ1v) is 8.30. The van der Waals surface area contributed by atoms with Crippen LogP contribution in [0, 0.1) is 5.82 Å². The van der Waals surface area contributed by atoms with Gasteiger partial charge in [0.15, 0.2) is 0 Å². The molecular formula is C16H17FN2O4S. The van der Waals surface area contributed by atoms with Gasteiger partial charge in [0.1, 0.15) is 11.9 Å². The minimum atomic E-state index is -0.821. The third-order valence-electron chi connectivity index (χ3n) is 3.26. The van der Waals surface area contributed by atoms with Crippen molar-refractivity contribution in [3.8, 4) is 0 Å². The number of amides is 2. The molecule has 0 saturated carbocycles. The number of hydrogen-bond donors (Lipinski definition) is 1. The van der Waals surface area contributed by atoms with E-state index in [0.29, 0.717) is 10.7 Å². The molecule has 1 aromatic carbocycles. The summed E-state index contributed by atoms with van der Waals surface area (Å²) < 4.78 is 17.7. The molecular weight excluding hydrogens is 335 g/mol. The quantitative estimate of drug-likeness (QED) is 0.649. The Hall–Kier alpha value is -2.35. The molecule has 1 N–H and O–H groups in total. The van der Waals surface area contributed by atoms with Gasteiger partial charge in [-0.2, -0.15) is 0 Å². The summed E-state index contributed by atoms with van der Waals surface area (Å²) in [5, 5.41) is 2.99. The van der Waals surface area contributed by atoms with Gasteiger partial charge in [-0.25, -0.2) is 9.18 Å². The fraction of sp³-hybridized carbons (Fsp3) is 0.312. The Bertz CT molecular complexity index is 675. The number of esters is 1. The fourth-order valence-electron chi connectivity index (χ4n) is 2.10. The Morgan fingerprint density at radius 1 is 1.42 bits per heavy atom. The molecule has 1 aromatic rings. The fourth-order valence-corrected chi connectivity index (χ4v) is 3.09. The molecule has 1 fully saturated rings. The summed E-state index contributed by atoms with van der Waals surface area (Å²) >= 11 is 1.17. The van der Waals surface area contributed by atoms with E-state index in [1.807, 2.05) is 0 Å². The normalized spacial score (nSPS) is 17.0. The van der Waals surface area contributed by atoms with E-state index in [1.165, 1.54) is 47.0 Å². The first-order chi connectivity index (χ1) is 11.4. The third-order valence-corrected chi connectivity index (χ3v) is 4.26. The minimum absolute atomic E-state index is 0.152. The van der Waals surface area contributed by atoms with Crippen molar-refractivity contribution in [2.45, 2.75) is 19.9 Å². The standard InChI is InChI=1S/C16H17FN2O4S/c1-3-23-15(21)8-14-19(13(20)9-24-14)10(2)16(22)18-12-6-4-11(17)5-7-12/h4-8,10H,3,9H2,1-2H3,(H,18,22)/b14-8-/t10-/m1/s1. The summed E-state index contributed by atoms with van der Waals surface area (Å²) in [6, 6.07) is 4.48. The molecule has 1 aliphatic heterocycles. The predicted molar refractivity (Wildman–Crippen MR) is 88.5 cm³/mol. The van der Waals surface area contributed by atoms with E-state index < -0.39 is 23.7 Å². The maximum atomic E-state index is 12.9. The first kappa shape index (κ1) is 18.0. The van der Waals surface area contributed by atoms with Crippen LogP contribution in [0.4, 0.5) is 10.1 Å². The van der Waals surface area contributed by atoms with Gasteiger partial charge in [0.05, 0.1) is 23.5 Å². The van der Waals surface area contributed by atoms with Crippen molar-refractivity contribution in [2.75, 3.05) is 17.7 Å². The van der Waals surface area contributed by atoms with E-state index in [0.717, 1.165) is 0 Å². The van der Waals surface area contributed by atoms with Gasteiger partial charge < -0.3 is 10.1 Å². The Morgan fingerprint density at radius 2 is 2.08 bits per heavy atom. The number of rotatable bonds is 5. The van der Waals surface area contributed by atoms with Gasteiger partial charge in [0.2, 0.25) is 11.8 Å². The lowest BCUT2D eigenvalue weighted by atomic mass is 10.2. The van der Waals surface area contributed by atoms with Gasteiger partial charge in [0.25, 0.3) is 0 Å². The number of nitrogens with one attached hydrogen (secondary N) is 1. The zero-order valence-electron chi connectivity index (χ0n) is 13.2. The highest BCUT2D eigenvalue weighted by molar-refractivity contribution is 8.04. The monoisotopic (exact) mass is 352 g/mol. The Kier molecular flexibility index (Phi) is 5.97. The van der Waals surface area contributed by atoms with Crippen molar-refractivity contribution in [3.63, 3.8) is 0 Å². The smallest absolute Gasteiger partial charge is 0.333 e. The number of carbonyl (C=O) groups excluding carboxylic acids is 3. The summed E-state index contributed by atoms with van der Waals surface area (Å²) in [4.78, 5) is 37.2. The van der Waals surface area contributed by atoms with Crippen LogP contribution in [0.25, 0.3) is 0 Å². The minimum Gasteiger partial charge on any atom is -0.463 e. The highest BCUT2D eigenvalue weighted by atomic mass is 32.2. The maximum Gasteiger partial charge on any atom is 0.333 e. The summed E-state index contributed by atoms with van der Waals surface area (Å²) in [6.45, 7) is 3.46. The van der Waals surface area contributed by atoms with E-state index in [-0.39, 0.29) is 18.3 Å². The molecule has 0 bridgehead atoms. The van der Waals surface area contributed by atoms with Crippen LogP contribution >= 0.6 is 11.8 Å². The molecule has 24 heavy (non-hydrogen) atoms. The molecule has 1 heterocycles. The second-order valence-corrected chi connectivity index (χ2v) is 5.95. The Labute approximate surface area is 143 Å². The number of thioether (sulfide) groups is 1. The molecule has 1 saturated heterocycles. The molecule has 1 atom stereocenters. The number of ether oxygens (including phenoxy) is 1. The van der Waals surface area contributed by atoms with Gasteiger partial charge in [-0.05, 0) is 38.1 Å². The lowest BCUT2D eigenvalue weighted by molar-refractivity contribution is -0.137. The number of carbonyl (C=O) groups is 3. The van der Waals surface area contributed by atoms with Crippen LogP contribution in [0.2, 0.25) is 0 Å². The van der Waals surface area contributed by atoms with Gasteiger partial charge in [0, 0.05) is 5.69 Å². The number of benzene rings is 1. The number of halogens is 1. The molecule has 0 unspecified atom stereocenters. The highest BCUT2D eigenvalue weighted by Gasteiger charge is 2.34. The van der Waals surface area contributed by atoms with Crippen molar-refractivity contribution in [1.29, 1.82) is 0 Å². The summed E-state index contributed by atoms with van der Waals surface area (Å²) in [6.07, 6.45) is 1.21. The Balaban J connectivity index is 2.11. The number of anilines is 1. The molecule has 0 aromatic heterocycles. The molecule has 1 aliphatic rings. The molecule has 2 amide bonds. The molecule has 0 radical (unpaired) electrons. The third kappa shape index (κ3) is 4.35. The second-order valence-electron chi connectivity index (χ2n) is 4.96. The van der Waals surface area contributed by atoms with Crippen molar-refractivity contribution >= 4 is 35.2 Å². The average molecular weight is 352 g/mol. The van der Waals surface area contributed by atoms with Crippen LogP contribution in [-0.2, 0) is 19.1 Å². The van der Waals surface area contributed by atoms with Crippen molar-refractivity contribution in [3.05, 3.63) is 41.2 Å². The molecule has 0 aliphatic carbocycles.